The summed E-state index contributed by atoms with van der Waals surface area (Å²) in [5.41, 5.74) is 0.522. The van der Waals surface area contributed by atoms with Crippen molar-refractivity contribution in [2.75, 3.05) is 20.3 Å². The molecule has 0 aliphatic carbocycles. The van der Waals surface area contributed by atoms with Crippen LogP contribution in [0, 0.1) is 0 Å². The van der Waals surface area contributed by atoms with Gasteiger partial charge in [0.2, 0.25) is 5.50 Å². The quantitative estimate of drug-likeness (QED) is 0.560. The fourth-order valence-corrected chi connectivity index (χ4v) is 4.62. The Balaban J connectivity index is 2.46. The Morgan fingerprint density at radius 1 is 0.963 bits per heavy atom. The van der Waals surface area contributed by atoms with E-state index in [0.29, 0.717) is 22.1 Å². The first-order valence-corrected chi connectivity index (χ1v) is 10.2. The smallest absolute Gasteiger partial charge is 0.397 e. The maximum Gasteiger partial charge on any atom is 0.397 e. The van der Waals surface area contributed by atoms with Crippen molar-refractivity contribution in [3.8, 4) is 16.9 Å². The number of benzene rings is 2. The second kappa shape index (κ2) is 8.09. The van der Waals surface area contributed by atoms with E-state index in [-0.39, 0.29) is 18.7 Å². The SMILES string of the molecule is CCOP(=O)(OCC)c1oc(=O)c2ccc(OC)cc2c1-c1ccccc1. The minimum Gasteiger partial charge on any atom is -0.497 e. The molecule has 0 atom stereocenters. The van der Waals surface area contributed by atoms with Gasteiger partial charge in [0.1, 0.15) is 5.75 Å². The highest BCUT2D eigenvalue weighted by molar-refractivity contribution is 7.62. The maximum absolute atomic E-state index is 13.5. The Labute approximate surface area is 157 Å². The molecule has 0 radical (unpaired) electrons. The van der Waals surface area contributed by atoms with Crippen molar-refractivity contribution in [1.82, 2.24) is 0 Å². The van der Waals surface area contributed by atoms with Crippen molar-refractivity contribution in [3.63, 3.8) is 0 Å². The van der Waals surface area contributed by atoms with Crippen LogP contribution in [0.5, 0.6) is 5.75 Å². The van der Waals surface area contributed by atoms with Crippen LogP contribution in [0.25, 0.3) is 21.9 Å². The first-order valence-electron chi connectivity index (χ1n) is 8.64. The predicted octanol–water partition coefficient (Wildman–Crippen LogP) is 4.36. The molecule has 0 saturated heterocycles. The van der Waals surface area contributed by atoms with Crippen molar-refractivity contribution in [3.05, 3.63) is 59.0 Å². The van der Waals surface area contributed by atoms with Crippen molar-refractivity contribution in [2.45, 2.75) is 13.8 Å². The highest BCUT2D eigenvalue weighted by Crippen LogP contribution is 2.50. The largest absolute Gasteiger partial charge is 0.497 e. The zero-order valence-corrected chi connectivity index (χ0v) is 16.3. The maximum atomic E-state index is 13.5. The van der Waals surface area contributed by atoms with Gasteiger partial charge in [-0.15, -0.1) is 0 Å². The van der Waals surface area contributed by atoms with Crippen molar-refractivity contribution in [1.29, 1.82) is 0 Å². The molecule has 0 fully saturated rings. The summed E-state index contributed by atoms with van der Waals surface area (Å²) >= 11 is 0. The molecule has 0 bridgehead atoms. The van der Waals surface area contributed by atoms with E-state index in [4.69, 9.17) is 18.2 Å². The van der Waals surface area contributed by atoms with Gasteiger partial charge in [-0.1, -0.05) is 30.3 Å². The molecule has 0 aliphatic rings. The molecule has 1 heterocycles. The van der Waals surface area contributed by atoms with Gasteiger partial charge in [0, 0.05) is 10.9 Å². The fraction of sp³-hybridized carbons (Fsp3) is 0.250. The van der Waals surface area contributed by atoms with E-state index in [9.17, 15) is 9.36 Å². The van der Waals surface area contributed by atoms with Gasteiger partial charge in [0.25, 0.3) is 0 Å². The van der Waals surface area contributed by atoms with E-state index in [2.05, 4.69) is 0 Å². The zero-order chi connectivity index (χ0) is 19.4. The minimum atomic E-state index is -3.84. The number of ether oxygens (including phenoxy) is 1. The second-order valence-electron chi connectivity index (χ2n) is 5.68. The van der Waals surface area contributed by atoms with Gasteiger partial charge in [-0.05, 0) is 37.6 Å². The zero-order valence-electron chi connectivity index (χ0n) is 15.4. The summed E-state index contributed by atoms with van der Waals surface area (Å²) in [6.45, 7) is 3.70. The summed E-state index contributed by atoms with van der Waals surface area (Å²) in [6.07, 6.45) is 0. The van der Waals surface area contributed by atoms with Crippen molar-refractivity contribution in [2.24, 2.45) is 0 Å². The summed E-state index contributed by atoms with van der Waals surface area (Å²) in [4.78, 5) is 12.6. The molecular weight excluding hydrogens is 367 g/mol. The molecule has 0 amide bonds. The fourth-order valence-electron chi connectivity index (χ4n) is 2.92. The summed E-state index contributed by atoms with van der Waals surface area (Å²) in [5.74, 6) is 0.568. The first kappa shape index (κ1) is 19.4. The van der Waals surface area contributed by atoms with Crippen LogP contribution in [0.15, 0.2) is 57.7 Å². The Morgan fingerprint density at radius 2 is 1.63 bits per heavy atom. The van der Waals surface area contributed by atoms with E-state index in [1.54, 1.807) is 39.2 Å². The molecule has 142 valence electrons. The standard InChI is InChI=1S/C20H21O6P/c1-4-24-27(22,25-5-2)20-18(14-9-7-6-8-10-14)17-13-15(23-3)11-12-16(17)19(21)26-20/h6-13H,4-5H2,1-3H3. The monoisotopic (exact) mass is 388 g/mol. The van der Waals surface area contributed by atoms with Crippen LogP contribution >= 0.6 is 7.60 Å². The molecule has 7 heteroatoms. The van der Waals surface area contributed by atoms with Crippen LogP contribution in [0.4, 0.5) is 0 Å². The first-order chi connectivity index (χ1) is 13.0. The minimum absolute atomic E-state index is 0.0943. The van der Waals surface area contributed by atoms with E-state index in [0.717, 1.165) is 5.56 Å². The predicted molar refractivity (Wildman–Crippen MR) is 105 cm³/mol. The molecule has 6 nitrogen and oxygen atoms in total. The normalized spacial score (nSPS) is 11.7. The Morgan fingerprint density at radius 3 is 2.22 bits per heavy atom. The van der Waals surface area contributed by atoms with E-state index < -0.39 is 13.2 Å². The average Bonchev–Trinajstić information content (AvgIpc) is 2.68. The van der Waals surface area contributed by atoms with Gasteiger partial charge < -0.3 is 18.2 Å². The third kappa shape index (κ3) is 3.69. The molecule has 0 saturated carbocycles. The molecule has 0 spiro atoms. The van der Waals surface area contributed by atoms with Crippen LogP contribution < -0.4 is 15.9 Å². The topological polar surface area (TPSA) is 75.0 Å². The average molecular weight is 388 g/mol. The van der Waals surface area contributed by atoms with Gasteiger partial charge >= 0.3 is 13.2 Å². The molecule has 0 aliphatic heterocycles. The number of hydrogen-bond acceptors (Lipinski definition) is 6. The number of rotatable bonds is 7. The summed E-state index contributed by atoms with van der Waals surface area (Å²) < 4.78 is 35.2. The summed E-state index contributed by atoms with van der Waals surface area (Å²) in [7, 11) is -2.29. The van der Waals surface area contributed by atoms with Gasteiger partial charge in [0.15, 0.2) is 0 Å². The molecule has 2 aromatic carbocycles. The van der Waals surface area contributed by atoms with Crippen molar-refractivity contribution < 1.29 is 22.8 Å². The third-order valence-electron chi connectivity index (χ3n) is 4.03. The Hall–Kier alpha value is -2.40. The van der Waals surface area contributed by atoms with Crippen LogP contribution in [-0.2, 0) is 13.6 Å². The molecule has 27 heavy (non-hydrogen) atoms. The van der Waals surface area contributed by atoms with Crippen LogP contribution in [0.2, 0.25) is 0 Å². The van der Waals surface area contributed by atoms with Crippen molar-refractivity contribution >= 4 is 23.9 Å². The number of hydrogen-bond donors (Lipinski definition) is 0. The van der Waals surface area contributed by atoms with Crippen LogP contribution in [-0.4, -0.2) is 20.3 Å². The Kier molecular flexibility index (Phi) is 5.80. The molecule has 0 unspecified atom stereocenters. The number of methoxy groups -OCH3 is 1. The van der Waals surface area contributed by atoms with Crippen LogP contribution in [0.3, 0.4) is 0 Å². The van der Waals surface area contributed by atoms with Gasteiger partial charge in [-0.25, -0.2) is 4.79 Å². The van der Waals surface area contributed by atoms with E-state index in [1.807, 2.05) is 30.3 Å². The lowest BCUT2D eigenvalue weighted by Crippen LogP contribution is -2.19. The highest BCUT2D eigenvalue weighted by atomic mass is 31.2. The van der Waals surface area contributed by atoms with E-state index >= 15 is 0 Å². The second-order valence-corrected chi connectivity index (χ2v) is 7.60. The van der Waals surface area contributed by atoms with E-state index in [1.165, 1.54) is 0 Å². The molecular formula is C20H21O6P. The lowest BCUT2D eigenvalue weighted by Gasteiger charge is -2.19. The molecule has 0 N–H and O–H groups in total. The lowest BCUT2D eigenvalue weighted by atomic mass is 10.0. The Bertz CT molecular complexity index is 1030. The van der Waals surface area contributed by atoms with Gasteiger partial charge in [-0.3, -0.25) is 4.57 Å². The summed E-state index contributed by atoms with van der Waals surface area (Å²) in [5, 5.41) is 0.921. The summed E-state index contributed by atoms with van der Waals surface area (Å²) in [6, 6.07) is 14.3. The molecule has 3 rings (SSSR count). The number of fused-ring (bicyclic) bond motifs is 1. The lowest BCUT2D eigenvalue weighted by molar-refractivity contribution is 0.225. The van der Waals surface area contributed by atoms with Crippen LogP contribution in [0.1, 0.15) is 13.8 Å². The van der Waals surface area contributed by atoms with Gasteiger partial charge in [-0.2, -0.15) is 0 Å². The van der Waals surface area contributed by atoms with Gasteiger partial charge in [0.05, 0.1) is 25.7 Å². The molecule has 1 aromatic heterocycles. The molecule has 3 aromatic rings. The highest BCUT2D eigenvalue weighted by Gasteiger charge is 2.35. The third-order valence-corrected chi connectivity index (χ3v) is 6.04.